The maximum Gasteiger partial charge on any atom is 0.0245 e. The molecule has 19 heavy (non-hydrogen) atoms. The smallest absolute Gasteiger partial charge is 0.0245 e. The van der Waals surface area contributed by atoms with Crippen molar-refractivity contribution in [1.29, 1.82) is 0 Å². The summed E-state index contributed by atoms with van der Waals surface area (Å²) in [6.45, 7) is 5.65. The molecule has 1 N–H and O–H groups in total. The summed E-state index contributed by atoms with van der Waals surface area (Å²) in [6.07, 6.45) is 4.04. The van der Waals surface area contributed by atoms with Gasteiger partial charge in [-0.1, -0.05) is 28.1 Å². The number of likely N-dealkylation sites (tertiary alicyclic amines) is 1. The van der Waals surface area contributed by atoms with Gasteiger partial charge in [0.25, 0.3) is 0 Å². The molecule has 2 saturated heterocycles. The van der Waals surface area contributed by atoms with Crippen LogP contribution >= 0.6 is 28.3 Å². The van der Waals surface area contributed by atoms with Gasteiger partial charge in [-0.15, -0.1) is 12.4 Å². The second kappa shape index (κ2) is 6.57. The molecule has 1 aromatic carbocycles. The van der Waals surface area contributed by atoms with E-state index in [9.17, 15) is 0 Å². The lowest BCUT2D eigenvalue weighted by Gasteiger charge is -2.24. The summed E-state index contributed by atoms with van der Waals surface area (Å²) in [4.78, 5) is 2.60. The number of aryl methyl sites for hydroxylation is 1. The molecule has 4 heteroatoms. The third-order valence-corrected chi connectivity index (χ3v) is 4.95. The van der Waals surface area contributed by atoms with Gasteiger partial charge in [0.15, 0.2) is 0 Å². The van der Waals surface area contributed by atoms with Crippen molar-refractivity contribution in [3.05, 3.63) is 33.8 Å². The van der Waals surface area contributed by atoms with Gasteiger partial charge >= 0.3 is 0 Å². The van der Waals surface area contributed by atoms with E-state index in [0.717, 1.165) is 18.6 Å². The Kier molecular flexibility index (Phi) is 5.29. The van der Waals surface area contributed by atoms with Gasteiger partial charge in [0.2, 0.25) is 0 Å². The number of rotatable bonds is 2. The van der Waals surface area contributed by atoms with Crippen molar-refractivity contribution in [2.24, 2.45) is 0 Å². The highest BCUT2D eigenvalue weighted by molar-refractivity contribution is 9.10. The van der Waals surface area contributed by atoms with Crippen LogP contribution in [-0.2, 0) is 6.54 Å². The van der Waals surface area contributed by atoms with E-state index in [1.165, 1.54) is 48.0 Å². The summed E-state index contributed by atoms with van der Waals surface area (Å²) in [5.74, 6) is 0. The second-order valence-electron chi connectivity index (χ2n) is 5.76. The fourth-order valence-corrected chi connectivity index (χ4v) is 3.80. The topological polar surface area (TPSA) is 15.3 Å². The molecule has 2 bridgehead atoms. The minimum Gasteiger partial charge on any atom is -0.310 e. The molecule has 0 spiro atoms. The molecule has 0 aromatic heterocycles. The zero-order valence-electron chi connectivity index (χ0n) is 11.4. The van der Waals surface area contributed by atoms with Gasteiger partial charge in [0.1, 0.15) is 0 Å². The second-order valence-corrected chi connectivity index (χ2v) is 6.61. The first-order chi connectivity index (χ1) is 8.70. The SMILES string of the molecule is Cc1ccc(CN2CCC3CCC(C2)N3)c(Br)c1.Cl. The Bertz CT molecular complexity index is 438. The molecule has 2 aliphatic rings. The van der Waals surface area contributed by atoms with Crippen LogP contribution in [0.1, 0.15) is 30.4 Å². The first-order valence-corrected chi connectivity index (χ1v) is 7.73. The number of fused-ring (bicyclic) bond motifs is 2. The lowest BCUT2D eigenvalue weighted by Crippen LogP contribution is -2.35. The quantitative estimate of drug-likeness (QED) is 0.882. The fourth-order valence-electron chi connectivity index (χ4n) is 3.18. The predicted octanol–water partition coefficient (Wildman–Crippen LogP) is 3.51. The summed E-state index contributed by atoms with van der Waals surface area (Å²) < 4.78 is 1.25. The molecule has 0 radical (unpaired) electrons. The molecule has 3 rings (SSSR count). The van der Waals surface area contributed by atoms with Gasteiger partial charge in [-0.2, -0.15) is 0 Å². The molecule has 106 valence electrons. The first kappa shape index (κ1) is 15.3. The molecule has 1 aromatic rings. The predicted molar refractivity (Wildman–Crippen MR) is 86.0 cm³/mol. The molecule has 2 heterocycles. The molecular weight excluding hydrogens is 324 g/mol. The van der Waals surface area contributed by atoms with Crippen LogP contribution in [-0.4, -0.2) is 30.1 Å². The number of hydrogen-bond donors (Lipinski definition) is 1. The van der Waals surface area contributed by atoms with Crippen molar-refractivity contribution < 1.29 is 0 Å². The highest BCUT2D eigenvalue weighted by Gasteiger charge is 2.29. The maximum absolute atomic E-state index is 3.74. The maximum atomic E-state index is 3.74. The lowest BCUT2D eigenvalue weighted by molar-refractivity contribution is 0.250. The van der Waals surface area contributed by atoms with Crippen molar-refractivity contribution in [2.75, 3.05) is 13.1 Å². The standard InChI is InChI=1S/C15H21BrN2.ClH/c1-11-2-3-12(15(16)8-11)9-18-7-6-13-4-5-14(10-18)17-13;/h2-3,8,13-14,17H,4-7,9-10H2,1H3;1H. The molecular formula is C15H22BrClN2. The van der Waals surface area contributed by atoms with E-state index in [0.29, 0.717) is 0 Å². The fraction of sp³-hybridized carbons (Fsp3) is 0.600. The third kappa shape index (κ3) is 3.72. The van der Waals surface area contributed by atoms with Gasteiger partial charge in [-0.25, -0.2) is 0 Å². The van der Waals surface area contributed by atoms with Crippen LogP contribution < -0.4 is 5.32 Å². The van der Waals surface area contributed by atoms with E-state index in [1.54, 1.807) is 0 Å². The largest absolute Gasteiger partial charge is 0.310 e. The average molecular weight is 346 g/mol. The molecule has 0 amide bonds. The minimum absolute atomic E-state index is 0. The van der Waals surface area contributed by atoms with Gasteiger partial charge < -0.3 is 5.32 Å². The molecule has 2 nitrogen and oxygen atoms in total. The van der Waals surface area contributed by atoms with Crippen LogP contribution in [0.25, 0.3) is 0 Å². The monoisotopic (exact) mass is 344 g/mol. The van der Waals surface area contributed by atoms with E-state index in [1.807, 2.05) is 0 Å². The number of nitrogens with zero attached hydrogens (tertiary/aromatic N) is 1. The molecule has 0 saturated carbocycles. The molecule has 2 unspecified atom stereocenters. The Labute approximate surface area is 130 Å². The number of benzene rings is 1. The number of nitrogens with one attached hydrogen (secondary N) is 1. The average Bonchev–Trinajstić information content (AvgIpc) is 2.66. The van der Waals surface area contributed by atoms with Crippen LogP contribution in [0.5, 0.6) is 0 Å². The van der Waals surface area contributed by atoms with Crippen LogP contribution in [0.2, 0.25) is 0 Å². The summed E-state index contributed by atoms with van der Waals surface area (Å²) in [7, 11) is 0. The summed E-state index contributed by atoms with van der Waals surface area (Å²) in [5, 5.41) is 3.74. The van der Waals surface area contributed by atoms with E-state index >= 15 is 0 Å². The van der Waals surface area contributed by atoms with Crippen LogP contribution in [0.3, 0.4) is 0 Å². The first-order valence-electron chi connectivity index (χ1n) is 6.94. The molecule has 2 atom stereocenters. The summed E-state index contributed by atoms with van der Waals surface area (Å²) >= 11 is 3.69. The lowest BCUT2D eigenvalue weighted by atomic mass is 10.1. The van der Waals surface area contributed by atoms with Crippen molar-refractivity contribution in [2.45, 2.75) is 44.8 Å². The third-order valence-electron chi connectivity index (χ3n) is 4.21. The van der Waals surface area contributed by atoms with Crippen LogP contribution in [0.15, 0.2) is 22.7 Å². The minimum atomic E-state index is 0. The van der Waals surface area contributed by atoms with Crippen LogP contribution in [0.4, 0.5) is 0 Å². The molecule has 2 fully saturated rings. The molecule has 2 aliphatic heterocycles. The van der Waals surface area contributed by atoms with Gasteiger partial charge in [0.05, 0.1) is 0 Å². The van der Waals surface area contributed by atoms with E-state index in [-0.39, 0.29) is 12.4 Å². The highest BCUT2D eigenvalue weighted by atomic mass is 79.9. The Morgan fingerprint density at radius 2 is 2.05 bits per heavy atom. The Balaban J connectivity index is 0.00000133. The van der Waals surface area contributed by atoms with Gasteiger partial charge in [-0.3, -0.25) is 4.90 Å². The van der Waals surface area contributed by atoms with Crippen molar-refractivity contribution in [3.8, 4) is 0 Å². The van der Waals surface area contributed by atoms with Crippen LogP contribution in [0, 0.1) is 6.92 Å². The summed E-state index contributed by atoms with van der Waals surface area (Å²) in [6, 6.07) is 8.19. The Morgan fingerprint density at radius 1 is 1.26 bits per heavy atom. The van der Waals surface area contributed by atoms with Crippen molar-refractivity contribution >= 4 is 28.3 Å². The van der Waals surface area contributed by atoms with Crippen molar-refractivity contribution in [3.63, 3.8) is 0 Å². The normalized spacial score (nSPS) is 26.8. The Hall–Kier alpha value is -0.0900. The zero-order chi connectivity index (χ0) is 12.5. The zero-order valence-corrected chi connectivity index (χ0v) is 13.8. The van der Waals surface area contributed by atoms with Gasteiger partial charge in [0, 0.05) is 36.2 Å². The van der Waals surface area contributed by atoms with Crippen molar-refractivity contribution in [1.82, 2.24) is 10.2 Å². The highest BCUT2D eigenvalue weighted by Crippen LogP contribution is 2.24. The number of hydrogen-bond acceptors (Lipinski definition) is 2. The van der Waals surface area contributed by atoms with E-state index in [2.05, 4.69) is 51.3 Å². The Morgan fingerprint density at radius 3 is 2.84 bits per heavy atom. The van der Waals surface area contributed by atoms with Gasteiger partial charge in [-0.05, 0) is 43.4 Å². The van der Waals surface area contributed by atoms with E-state index < -0.39 is 0 Å². The number of halogens is 2. The summed E-state index contributed by atoms with van der Waals surface area (Å²) in [5.41, 5.74) is 2.74. The van der Waals surface area contributed by atoms with E-state index in [4.69, 9.17) is 0 Å². The molecule has 0 aliphatic carbocycles.